The molecular formula is C16H25N3O2. The number of aromatic nitrogens is 1. The number of unbranched alkanes of at least 4 members (excludes halogenated alkanes) is 1. The first kappa shape index (κ1) is 17.1. The molecule has 1 N–H and O–H groups in total. The molecule has 1 heterocycles. The second-order valence-corrected chi connectivity index (χ2v) is 6.21. The standard InChI is InChI=1S/C16H25N3O2/c1-6-7-10-19(5)15(21)12-8-9-17-13(11-12)14(20)18-16(2,3)4/h8-9,11H,6-7,10H2,1-5H3,(H,18,20). The average Bonchev–Trinajstić information content (AvgIpc) is 2.42. The molecule has 0 fully saturated rings. The molecule has 0 saturated carbocycles. The van der Waals surface area contributed by atoms with E-state index in [1.54, 1.807) is 24.1 Å². The van der Waals surface area contributed by atoms with Gasteiger partial charge in [-0.25, -0.2) is 0 Å². The quantitative estimate of drug-likeness (QED) is 0.906. The maximum Gasteiger partial charge on any atom is 0.270 e. The van der Waals surface area contributed by atoms with Crippen molar-refractivity contribution < 1.29 is 9.59 Å². The zero-order valence-corrected chi connectivity index (χ0v) is 13.6. The summed E-state index contributed by atoms with van der Waals surface area (Å²) in [5.74, 6) is -0.357. The lowest BCUT2D eigenvalue weighted by atomic mass is 10.1. The minimum absolute atomic E-state index is 0.0874. The van der Waals surface area contributed by atoms with Gasteiger partial charge in [0.2, 0.25) is 0 Å². The van der Waals surface area contributed by atoms with E-state index in [1.807, 2.05) is 20.8 Å². The van der Waals surface area contributed by atoms with Crippen LogP contribution in [0.15, 0.2) is 18.3 Å². The largest absolute Gasteiger partial charge is 0.346 e. The SMILES string of the molecule is CCCCN(C)C(=O)c1ccnc(C(=O)NC(C)(C)C)c1. The highest BCUT2D eigenvalue weighted by Gasteiger charge is 2.18. The van der Waals surface area contributed by atoms with Crippen LogP contribution in [0.2, 0.25) is 0 Å². The lowest BCUT2D eigenvalue weighted by Gasteiger charge is -2.20. The Morgan fingerprint density at radius 1 is 1.33 bits per heavy atom. The normalized spacial score (nSPS) is 11.1. The number of carbonyl (C=O) groups excluding carboxylic acids is 2. The third-order valence-electron chi connectivity index (χ3n) is 2.92. The maximum absolute atomic E-state index is 12.3. The number of hydrogen-bond acceptors (Lipinski definition) is 3. The Morgan fingerprint density at radius 3 is 2.57 bits per heavy atom. The fourth-order valence-electron chi connectivity index (χ4n) is 1.81. The lowest BCUT2D eigenvalue weighted by Crippen LogP contribution is -2.41. The van der Waals surface area contributed by atoms with Crippen molar-refractivity contribution in [3.05, 3.63) is 29.6 Å². The van der Waals surface area contributed by atoms with Gasteiger partial charge in [0.05, 0.1) is 0 Å². The van der Waals surface area contributed by atoms with Gasteiger partial charge in [0.1, 0.15) is 5.69 Å². The van der Waals surface area contributed by atoms with Crippen molar-refractivity contribution in [3.63, 3.8) is 0 Å². The number of amides is 2. The molecule has 0 spiro atoms. The molecule has 116 valence electrons. The van der Waals surface area contributed by atoms with Crippen LogP contribution >= 0.6 is 0 Å². The van der Waals surface area contributed by atoms with Crippen LogP contribution in [0.5, 0.6) is 0 Å². The molecule has 1 aromatic heterocycles. The van der Waals surface area contributed by atoms with Crippen LogP contribution in [0.4, 0.5) is 0 Å². The van der Waals surface area contributed by atoms with Gasteiger partial charge in [-0.2, -0.15) is 0 Å². The molecule has 0 radical (unpaired) electrons. The highest BCUT2D eigenvalue weighted by Crippen LogP contribution is 2.08. The first-order chi connectivity index (χ1) is 9.74. The van der Waals surface area contributed by atoms with E-state index in [9.17, 15) is 9.59 Å². The van der Waals surface area contributed by atoms with E-state index in [-0.39, 0.29) is 23.0 Å². The maximum atomic E-state index is 12.3. The highest BCUT2D eigenvalue weighted by atomic mass is 16.2. The van der Waals surface area contributed by atoms with E-state index < -0.39 is 0 Å². The number of rotatable bonds is 5. The number of carbonyl (C=O) groups is 2. The second kappa shape index (κ2) is 7.20. The lowest BCUT2D eigenvalue weighted by molar-refractivity contribution is 0.0793. The first-order valence-electron chi connectivity index (χ1n) is 7.28. The van der Waals surface area contributed by atoms with Crippen molar-refractivity contribution in [1.29, 1.82) is 0 Å². The fraction of sp³-hybridized carbons (Fsp3) is 0.562. The van der Waals surface area contributed by atoms with Gasteiger partial charge in [0.15, 0.2) is 0 Å². The predicted octanol–water partition coefficient (Wildman–Crippen LogP) is 2.48. The van der Waals surface area contributed by atoms with Crippen molar-refractivity contribution >= 4 is 11.8 Å². The predicted molar refractivity (Wildman–Crippen MR) is 83.3 cm³/mol. The molecule has 0 atom stereocenters. The molecule has 0 bridgehead atoms. The van der Waals surface area contributed by atoms with Gasteiger partial charge >= 0.3 is 0 Å². The topological polar surface area (TPSA) is 62.3 Å². The van der Waals surface area contributed by atoms with Crippen LogP contribution in [0.1, 0.15) is 61.4 Å². The van der Waals surface area contributed by atoms with Gasteiger partial charge < -0.3 is 10.2 Å². The number of pyridine rings is 1. The molecule has 0 aliphatic rings. The summed E-state index contributed by atoms with van der Waals surface area (Å²) in [5.41, 5.74) is 0.416. The molecule has 0 unspecified atom stereocenters. The van der Waals surface area contributed by atoms with Gasteiger partial charge in [0, 0.05) is 30.9 Å². The van der Waals surface area contributed by atoms with Gasteiger partial charge in [-0.3, -0.25) is 14.6 Å². The molecule has 1 rings (SSSR count). The zero-order valence-electron chi connectivity index (χ0n) is 13.6. The minimum Gasteiger partial charge on any atom is -0.346 e. The Morgan fingerprint density at radius 2 is 2.00 bits per heavy atom. The van der Waals surface area contributed by atoms with E-state index in [4.69, 9.17) is 0 Å². The Labute approximate surface area is 126 Å². The molecular weight excluding hydrogens is 266 g/mol. The first-order valence-corrected chi connectivity index (χ1v) is 7.28. The molecule has 0 saturated heterocycles. The summed E-state index contributed by atoms with van der Waals surface area (Å²) >= 11 is 0. The fourth-order valence-corrected chi connectivity index (χ4v) is 1.81. The van der Waals surface area contributed by atoms with Gasteiger partial charge in [-0.15, -0.1) is 0 Å². The van der Waals surface area contributed by atoms with Crippen LogP contribution < -0.4 is 5.32 Å². The highest BCUT2D eigenvalue weighted by molar-refractivity contribution is 5.98. The van der Waals surface area contributed by atoms with Crippen LogP contribution in [-0.2, 0) is 0 Å². The zero-order chi connectivity index (χ0) is 16.0. The second-order valence-electron chi connectivity index (χ2n) is 6.21. The molecule has 2 amide bonds. The van der Waals surface area contributed by atoms with Crippen LogP contribution in [0, 0.1) is 0 Å². The summed E-state index contributed by atoms with van der Waals surface area (Å²) in [6.07, 6.45) is 3.50. The van der Waals surface area contributed by atoms with Gasteiger partial charge in [-0.05, 0) is 39.3 Å². The number of nitrogens with zero attached hydrogens (tertiary/aromatic N) is 2. The van der Waals surface area contributed by atoms with E-state index in [2.05, 4.69) is 17.2 Å². The van der Waals surface area contributed by atoms with Crippen LogP contribution in [0.25, 0.3) is 0 Å². The Bertz CT molecular complexity index is 506. The third-order valence-corrected chi connectivity index (χ3v) is 2.92. The van der Waals surface area contributed by atoms with E-state index >= 15 is 0 Å². The Kier molecular flexibility index (Phi) is 5.88. The smallest absolute Gasteiger partial charge is 0.270 e. The van der Waals surface area contributed by atoms with E-state index in [0.29, 0.717) is 12.1 Å². The molecule has 5 nitrogen and oxygen atoms in total. The van der Waals surface area contributed by atoms with E-state index in [0.717, 1.165) is 12.8 Å². The summed E-state index contributed by atoms with van der Waals surface area (Å²) in [4.78, 5) is 30.1. The summed E-state index contributed by atoms with van der Waals surface area (Å²) in [6, 6.07) is 3.19. The molecule has 5 heteroatoms. The Balaban J connectivity index is 2.85. The van der Waals surface area contributed by atoms with Gasteiger partial charge in [-0.1, -0.05) is 13.3 Å². The number of hydrogen-bond donors (Lipinski definition) is 1. The monoisotopic (exact) mass is 291 g/mol. The van der Waals surface area contributed by atoms with Crippen LogP contribution in [-0.4, -0.2) is 40.8 Å². The van der Waals surface area contributed by atoms with Crippen molar-refractivity contribution in [2.45, 2.75) is 46.1 Å². The minimum atomic E-state index is -0.337. The third kappa shape index (κ3) is 5.53. The molecule has 0 aliphatic heterocycles. The average molecular weight is 291 g/mol. The molecule has 1 aromatic rings. The molecule has 0 aromatic carbocycles. The van der Waals surface area contributed by atoms with E-state index in [1.165, 1.54) is 6.20 Å². The summed E-state index contributed by atoms with van der Waals surface area (Å²) in [5, 5.41) is 2.84. The van der Waals surface area contributed by atoms with Crippen molar-refractivity contribution in [3.8, 4) is 0 Å². The number of nitrogens with one attached hydrogen (secondary N) is 1. The van der Waals surface area contributed by atoms with Gasteiger partial charge in [0.25, 0.3) is 11.8 Å². The molecule has 21 heavy (non-hydrogen) atoms. The van der Waals surface area contributed by atoms with Crippen molar-refractivity contribution in [1.82, 2.24) is 15.2 Å². The van der Waals surface area contributed by atoms with Crippen LogP contribution in [0.3, 0.4) is 0 Å². The summed E-state index contributed by atoms with van der Waals surface area (Å²) in [6.45, 7) is 8.50. The summed E-state index contributed by atoms with van der Waals surface area (Å²) in [7, 11) is 1.77. The van der Waals surface area contributed by atoms with Crippen molar-refractivity contribution in [2.24, 2.45) is 0 Å². The van der Waals surface area contributed by atoms with Crippen molar-refractivity contribution in [2.75, 3.05) is 13.6 Å². The summed E-state index contributed by atoms with van der Waals surface area (Å²) < 4.78 is 0. The molecule has 0 aliphatic carbocycles. The Hall–Kier alpha value is -1.91.